The quantitative estimate of drug-likeness (QED) is 0.859. The highest BCUT2D eigenvalue weighted by molar-refractivity contribution is 7.80. The third-order valence-corrected chi connectivity index (χ3v) is 4.02. The zero-order valence-corrected chi connectivity index (χ0v) is 11.1. The number of ether oxygens (including phenoxy) is 1. The molecule has 0 atom stereocenters. The summed E-state index contributed by atoms with van der Waals surface area (Å²) in [6.45, 7) is 0.807. The molecule has 1 aromatic carbocycles. The molecular weight excluding hydrogens is 250 g/mol. The van der Waals surface area contributed by atoms with E-state index >= 15 is 0 Å². The number of aromatic nitrogens is 1. The summed E-state index contributed by atoms with van der Waals surface area (Å²) in [4.78, 5) is 4.62. The molecule has 4 heteroatoms. The SMILES string of the molecule is SCCc1csc(-c2ccc3c(c2)CCO3)n1. The molecule has 1 aliphatic heterocycles. The first-order chi connectivity index (χ1) is 8.36. The molecule has 1 aliphatic rings. The number of benzene rings is 1. The Hall–Kier alpha value is -1.00. The predicted octanol–water partition coefficient (Wildman–Crippen LogP) is 3.22. The molecule has 0 saturated heterocycles. The van der Waals surface area contributed by atoms with Crippen LogP contribution in [0, 0.1) is 0 Å². The average Bonchev–Trinajstić information content (AvgIpc) is 2.96. The molecule has 0 bridgehead atoms. The van der Waals surface area contributed by atoms with Crippen LogP contribution in [0.25, 0.3) is 10.6 Å². The van der Waals surface area contributed by atoms with Gasteiger partial charge in [0.05, 0.1) is 12.3 Å². The third kappa shape index (κ3) is 2.19. The number of thiol groups is 1. The molecule has 0 amide bonds. The van der Waals surface area contributed by atoms with Gasteiger partial charge in [-0.1, -0.05) is 0 Å². The highest BCUT2D eigenvalue weighted by Gasteiger charge is 2.13. The minimum Gasteiger partial charge on any atom is -0.493 e. The second-order valence-corrected chi connectivity index (χ2v) is 5.34. The summed E-state index contributed by atoms with van der Waals surface area (Å²) in [5.41, 5.74) is 3.63. The first-order valence-electron chi connectivity index (χ1n) is 5.68. The van der Waals surface area contributed by atoms with Gasteiger partial charge in [0.25, 0.3) is 0 Å². The maximum absolute atomic E-state index is 5.51. The lowest BCUT2D eigenvalue weighted by Crippen LogP contribution is -1.86. The van der Waals surface area contributed by atoms with E-state index in [4.69, 9.17) is 4.74 Å². The smallest absolute Gasteiger partial charge is 0.123 e. The van der Waals surface area contributed by atoms with Crippen molar-refractivity contribution in [2.45, 2.75) is 12.8 Å². The van der Waals surface area contributed by atoms with Crippen molar-refractivity contribution in [1.29, 1.82) is 0 Å². The number of fused-ring (bicyclic) bond motifs is 1. The lowest BCUT2D eigenvalue weighted by Gasteiger charge is -2.00. The molecule has 2 nitrogen and oxygen atoms in total. The molecule has 2 aromatic rings. The zero-order chi connectivity index (χ0) is 11.7. The van der Waals surface area contributed by atoms with Crippen LogP contribution < -0.4 is 4.74 Å². The summed E-state index contributed by atoms with van der Waals surface area (Å²) in [7, 11) is 0. The molecule has 0 saturated carbocycles. The van der Waals surface area contributed by atoms with E-state index in [2.05, 4.69) is 41.2 Å². The minimum absolute atomic E-state index is 0.807. The van der Waals surface area contributed by atoms with Gasteiger partial charge < -0.3 is 4.74 Å². The number of hydrogen-bond donors (Lipinski definition) is 1. The van der Waals surface area contributed by atoms with Gasteiger partial charge in [-0.25, -0.2) is 4.98 Å². The fourth-order valence-electron chi connectivity index (χ4n) is 1.99. The fraction of sp³-hybridized carbons (Fsp3) is 0.308. The number of rotatable bonds is 3. The van der Waals surface area contributed by atoms with Gasteiger partial charge in [-0.3, -0.25) is 0 Å². The van der Waals surface area contributed by atoms with Crippen LogP contribution in [0.3, 0.4) is 0 Å². The van der Waals surface area contributed by atoms with E-state index in [0.717, 1.165) is 41.7 Å². The van der Waals surface area contributed by atoms with E-state index in [-0.39, 0.29) is 0 Å². The van der Waals surface area contributed by atoms with Crippen molar-refractivity contribution < 1.29 is 4.74 Å². The number of nitrogens with zero attached hydrogens (tertiary/aromatic N) is 1. The summed E-state index contributed by atoms with van der Waals surface area (Å²) in [5.74, 6) is 1.88. The molecule has 3 rings (SSSR count). The maximum Gasteiger partial charge on any atom is 0.123 e. The second-order valence-electron chi connectivity index (χ2n) is 4.04. The maximum atomic E-state index is 5.51. The Labute approximate surface area is 110 Å². The Morgan fingerprint density at radius 1 is 1.41 bits per heavy atom. The average molecular weight is 263 g/mol. The molecule has 0 spiro atoms. The molecule has 0 unspecified atom stereocenters. The Morgan fingerprint density at radius 3 is 3.24 bits per heavy atom. The number of thiazole rings is 1. The Morgan fingerprint density at radius 2 is 2.35 bits per heavy atom. The van der Waals surface area contributed by atoms with Crippen molar-refractivity contribution in [1.82, 2.24) is 4.98 Å². The second kappa shape index (κ2) is 4.70. The van der Waals surface area contributed by atoms with Crippen LogP contribution in [0.1, 0.15) is 11.3 Å². The number of hydrogen-bond acceptors (Lipinski definition) is 4. The van der Waals surface area contributed by atoms with Crippen molar-refractivity contribution in [3.8, 4) is 16.3 Å². The molecule has 1 aromatic heterocycles. The summed E-state index contributed by atoms with van der Waals surface area (Å²) < 4.78 is 5.51. The van der Waals surface area contributed by atoms with Gasteiger partial charge in [0.15, 0.2) is 0 Å². The van der Waals surface area contributed by atoms with Gasteiger partial charge in [0.2, 0.25) is 0 Å². The van der Waals surface area contributed by atoms with Gasteiger partial charge in [-0.15, -0.1) is 11.3 Å². The van der Waals surface area contributed by atoms with Crippen LogP contribution >= 0.6 is 24.0 Å². The molecule has 0 fully saturated rings. The molecule has 0 radical (unpaired) electrons. The number of aryl methyl sites for hydroxylation is 1. The van der Waals surface area contributed by atoms with Crippen molar-refractivity contribution in [3.63, 3.8) is 0 Å². The van der Waals surface area contributed by atoms with Crippen LogP contribution in [0.4, 0.5) is 0 Å². The first kappa shape index (κ1) is 11.1. The summed E-state index contributed by atoms with van der Waals surface area (Å²) in [6.07, 6.45) is 1.95. The van der Waals surface area contributed by atoms with E-state index in [0.29, 0.717) is 0 Å². The van der Waals surface area contributed by atoms with Crippen molar-refractivity contribution in [2.24, 2.45) is 0 Å². The summed E-state index contributed by atoms with van der Waals surface area (Å²) in [6, 6.07) is 6.34. The normalized spacial score (nSPS) is 13.5. The molecule has 2 heterocycles. The standard InChI is InChI=1S/C13H13NOS2/c16-6-4-11-8-17-13(14-11)10-1-2-12-9(7-10)3-5-15-12/h1-2,7-8,16H,3-6H2. The zero-order valence-electron chi connectivity index (χ0n) is 9.35. The lowest BCUT2D eigenvalue weighted by atomic mass is 10.1. The molecule has 88 valence electrons. The lowest BCUT2D eigenvalue weighted by molar-refractivity contribution is 0.357. The van der Waals surface area contributed by atoms with E-state index < -0.39 is 0 Å². The third-order valence-electron chi connectivity index (χ3n) is 2.86. The van der Waals surface area contributed by atoms with Gasteiger partial charge >= 0.3 is 0 Å². The van der Waals surface area contributed by atoms with Crippen LogP contribution in [0.15, 0.2) is 23.6 Å². The van der Waals surface area contributed by atoms with Crippen molar-refractivity contribution >= 4 is 24.0 Å². The Kier molecular flexibility index (Phi) is 3.07. The van der Waals surface area contributed by atoms with Gasteiger partial charge in [0.1, 0.15) is 10.8 Å². The highest BCUT2D eigenvalue weighted by Crippen LogP contribution is 2.31. The van der Waals surface area contributed by atoms with E-state index in [1.165, 1.54) is 11.1 Å². The summed E-state index contributed by atoms with van der Waals surface area (Å²) >= 11 is 5.93. The molecule has 0 aliphatic carbocycles. The highest BCUT2D eigenvalue weighted by atomic mass is 32.1. The van der Waals surface area contributed by atoms with Crippen molar-refractivity contribution in [2.75, 3.05) is 12.4 Å². The summed E-state index contributed by atoms with van der Waals surface area (Å²) in [5, 5.41) is 3.21. The van der Waals surface area contributed by atoms with Crippen molar-refractivity contribution in [3.05, 3.63) is 34.8 Å². The van der Waals surface area contributed by atoms with E-state index in [1.807, 2.05) is 0 Å². The first-order valence-corrected chi connectivity index (χ1v) is 7.19. The van der Waals surface area contributed by atoms with Crippen LogP contribution in [0.5, 0.6) is 5.75 Å². The van der Waals surface area contributed by atoms with Gasteiger partial charge in [-0.05, 0) is 35.9 Å². The van der Waals surface area contributed by atoms with E-state index in [9.17, 15) is 0 Å². The Balaban J connectivity index is 1.92. The topological polar surface area (TPSA) is 22.1 Å². The van der Waals surface area contributed by atoms with Crippen LogP contribution in [0.2, 0.25) is 0 Å². The molecular formula is C13H13NOS2. The van der Waals surface area contributed by atoms with E-state index in [1.54, 1.807) is 11.3 Å². The minimum atomic E-state index is 0.807. The van der Waals surface area contributed by atoms with Gasteiger partial charge in [0, 0.05) is 17.4 Å². The predicted molar refractivity (Wildman–Crippen MR) is 74.3 cm³/mol. The Bertz CT molecular complexity index is 536. The molecule has 17 heavy (non-hydrogen) atoms. The fourth-order valence-corrected chi connectivity index (χ4v) is 3.07. The monoisotopic (exact) mass is 263 g/mol. The van der Waals surface area contributed by atoms with Crippen LogP contribution in [-0.2, 0) is 12.8 Å². The van der Waals surface area contributed by atoms with Crippen LogP contribution in [-0.4, -0.2) is 17.3 Å². The van der Waals surface area contributed by atoms with Gasteiger partial charge in [-0.2, -0.15) is 12.6 Å². The molecule has 0 N–H and O–H groups in total. The largest absolute Gasteiger partial charge is 0.493 e.